The molecule has 4 unspecified atom stereocenters. The highest BCUT2D eigenvalue weighted by molar-refractivity contribution is 5.76. The predicted molar refractivity (Wildman–Crippen MR) is 66.3 cm³/mol. The Balaban J connectivity index is 2.05. The first-order chi connectivity index (χ1) is 8.85. The summed E-state index contributed by atoms with van der Waals surface area (Å²) in [4.78, 5) is 23.0. The van der Waals surface area contributed by atoms with E-state index >= 15 is 0 Å². The van der Waals surface area contributed by atoms with Gasteiger partial charge in [0.05, 0.1) is 17.6 Å². The number of hydrogen-bond acceptors (Lipinski definition) is 5. The van der Waals surface area contributed by atoms with Crippen molar-refractivity contribution in [3.63, 3.8) is 0 Å². The zero-order valence-electron chi connectivity index (χ0n) is 11.5. The van der Waals surface area contributed by atoms with E-state index in [0.717, 1.165) is 12.8 Å². The molecule has 2 N–H and O–H groups in total. The Hall–Kier alpha value is -1.30. The van der Waals surface area contributed by atoms with Gasteiger partial charge in [0.2, 0.25) is 0 Å². The van der Waals surface area contributed by atoms with Crippen LogP contribution in [0.3, 0.4) is 0 Å². The standard InChI is InChI=1S/C13H21NO5/c1-4-13(2,3)11(15)18-9-7-5-6-8(17-7)10(9)19-12(14)16/h7-10H,4-6H2,1-3H3,(H2,14,16). The number of carbonyl (C=O) groups is 2. The third kappa shape index (κ3) is 2.68. The van der Waals surface area contributed by atoms with E-state index in [4.69, 9.17) is 19.9 Å². The van der Waals surface area contributed by atoms with Gasteiger partial charge < -0.3 is 19.9 Å². The van der Waals surface area contributed by atoms with Crippen LogP contribution in [0, 0.1) is 5.41 Å². The summed E-state index contributed by atoms with van der Waals surface area (Å²) >= 11 is 0. The fourth-order valence-electron chi connectivity index (χ4n) is 2.44. The van der Waals surface area contributed by atoms with Crippen LogP contribution in [0.15, 0.2) is 0 Å². The molecule has 2 bridgehead atoms. The fraction of sp³-hybridized carbons (Fsp3) is 0.846. The normalized spacial score (nSPS) is 33.2. The molecule has 2 aliphatic rings. The Kier molecular flexibility index (Phi) is 3.71. The summed E-state index contributed by atoms with van der Waals surface area (Å²) in [6, 6.07) is 0. The molecular formula is C13H21NO5. The van der Waals surface area contributed by atoms with Gasteiger partial charge in [0, 0.05) is 0 Å². The Morgan fingerprint density at radius 1 is 1.21 bits per heavy atom. The van der Waals surface area contributed by atoms with Gasteiger partial charge in [0.1, 0.15) is 0 Å². The third-order valence-corrected chi connectivity index (χ3v) is 4.07. The van der Waals surface area contributed by atoms with Gasteiger partial charge in [-0.3, -0.25) is 4.79 Å². The molecule has 4 atom stereocenters. The van der Waals surface area contributed by atoms with E-state index in [-0.39, 0.29) is 18.2 Å². The molecule has 1 amide bonds. The molecule has 0 aliphatic carbocycles. The SMILES string of the molecule is CCC(C)(C)C(=O)OC1C2CCC(O2)C1OC(N)=O. The zero-order valence-corrected chi connectivity index (χ0v) is 11.5. The quantitative estimate of drug-likeness (QED) is 0.780. The maximum Gasteiger partial charge on any atom is 0.405 e. The van der Waals surface area contributed by atoms with Crippen LogP contribution < -0.4 is 5.73 Å². The molecule has 2 rings (SSSR count). The Morgan fingerprint density at radius 2 is 1.74 bits per heavy atom. The number of rotatable bonds is 4. The maximum absolute atomic E-state index is 12.1. The first kappa shape index (κ1) is 14.1. The van der Waals surface area contributed by atoms with E-state index in [9.17, 15) is 9.59 Å². The summed E-state index contributed by atoms with van der Waals surface area (Å²) in [5.41, 5.74) is 4.50. The minimum atomic E-state index is -0.864. The van der Waals surface area contributed by atoms with Crippen molar-refractivity contribution >= 4 is 12.1 Å². The minimum absolute atomic E-state index is 0.189. The summed E-state index contributed by atoms with van der Waals surface area (Å²) in [5, 5.41) is 0. The number of primary amides is 1. The number of hydrogen-bond donors (Lipinski definition) is 1. The van der Waals surface area contributed by atoms with E-state index < -0.39 is 23.7 Å². The van der Waals surface area contributed by atoms with E-state index in [0.29, 0.717) is 6.42 Å². The Morgan fingerprint density at radius 3 is 2.21 bits per heavy atom. The molecule has 6 nitrogen and oxygen atoms in total. The molecule has 0 aromatic carbocycles. The third-order valence-electron chi connectivity index (χ3n) is 4.07. The average Bonchev–Trinajstić information content (AvgIpc) is 2.91. The van der Waals surface area contributed by atoms with Crippen LogP contribution in [0.1, 0.15) is 40.0 Å². The molecule has 0 saturated carbocycles. The summed E-state index contributed by atoms with van der Waals surface area (Å²) < 4.78 is 16.2. The largest absolute Gasteiger partial charge is 0.455 e. The second kappa shape index (κ2) is 5.00. The van der Waals surface area contributed by atoms with Crippen molar-refractivity contribution in [2.75, 3.05) is 0 Å². The average molecular weight is 271 g/mol. The summed E-state index contributed by atoms with van der Waals surface area (Å²) in [7, 11) is 0. The number of nitrogens with two attached hydrogens (primary N) is 1. The molecule has 0 radical (unpaired) electrons. The molecule has 2 heterocycles. The molecule has 6 heteroatoms. The van der Waals surface area contributed by atoms with E-state index in [2.05, 4.69) is 0 Å². The van der Waals surface area contributed by atoms with Gasteiger partial charge in [-0.15, -0.1) is 0 Å². The highest BCUT2D eigenvalue weighted by Crippen LogP contribution is 2.39. The van der Waals surface area contributed by atoms with Crippen molar-refractivity contribution in [2.24, 2.45) is 11.1 Å². The van der Waals surface area contributed by atoms with Gasteiger partial charge in [0.15, 0.2) is 12.2 Å². The van der Waals surface area contributed by atoms with Crippen LogP contribution in [0.25, 0.3) is 0 Å². The Bertz CT molecular complexity index is 381. The van der Waals surface area contributed by atoms with Gasteiger partial charge >= 0.3 is 12.1 Å². The summed E-state index contributed by atoms with van der Waals surface area (Å²) in [5.74, 6) is -0.297. The van der Waals surface area contributed by atoms with Crippen molar-refractivity contribution in [1.29, 1.82) is 0 Å². The molecule has 19 heavy (non-hydrogen) atoms. The lowest BCUT2D eigenvalue weighted by molar-refractivity contribution is -0.167. The van der Waals surface area contributed by atoms with Gasteiger partial charge in [-0.2, -0.15) is 0 Å². The van der Waals surface area contributed by atoms with Gasteiger partial charge in [0.25, 0.3) is 0 Å². The minimum Gasteiger partial charge on any atom is -0.455 e. The van der Waals surface area contributed by atoms with Crippen LogP contribution in [0.5, 0.6) is 0 Å². The van der Waals surface area contributed by atoms with Gasteiger partial charge in [-0.05, 0) is 33.1 Å². The first-order valence-corrected chi connectivity index (χ1v) is 6.68. The summed E-state index contributed by atoms with van der Waals surface area (Å²) in [6.45, 7) is 5.58. The lowest BCUT2D eigenvalue weighted by atomic mass is 9.89. The molecule has 2 aliphatic heterocycles. The number of amides is 1. The number of ether oxygens (including phenoxy) is 3. The van der Waals surface area contributed by atoms with Crippen LogP contribution in [-0.4, -0.2) is 36.5 Å². The second-order valence-electron chi connectivity index (χ2n) is 5.80. The molecule has 0 aromatic heterocycles. The second-order valence-corrected chi connectivity index (χ2v) is 5.80. The molecule has 0 spiro atoms. The summed E-state index contributed by atoms with van der Waals surface area (Å²) in [6.07, 6.45) is -0.0865. The monoisotopic (exact) mass is 271 g/mol. The van der Waals surface area contributed by atoms with Crippen molar-refractivity contribution in [2.45, 2.75) is 64.4 Å². The van der Waals surface area contributed by atoms with Crippen LogP contribution in [0.2, 0.25) is 0 Å². The van der Waals surface area contributed by atoms with Gasteiger partial charge in [-0.1, -0.05) is 6.92 Å². The Labute approximate surface area is 112 Å². The topological polar surface area (TPSA) is 87.8 Å². The predicted octanol–water partition coefficient (Wildman–Crippen LogP) is 1.36. The number of carbonyl (C=O) groups excluding carboxylic acids is 2. The van der Waals surface area contributed by atoms with Crippen molar-refractivity contribution in [1.82, 2.24) is 0 Å². The smallest absolute Gasteiger partial charge is 0.405 e. The number of fused-ring (bicyclic) bond motifs is 2. The van der Waals surface area contributed by atoms with Crippen molar-refractivity contribution in [3.05, 3.63) is 0 Å². The molecule has 2 saturated heterocycles. The zero-order chi connectivity index (χ0) is 14.2. The van der Waals surface area contributed by atoms with Crippen LogP contribution >= 0.6 is 0 Å². The lowest BCUT2D eigenvalue weighted by Crippen LogP contribution is -2.46. The molecule has 2 fully saturated rings. The first-order valence-electron chi connectivity index (χ1n) is 6.68. The molecule has 108 valence electrons. The molecular weight excluding hydrogens is 250 g/mol. The lowest BCUT2D eigenvalue weighted by Gasteiger charge is -2.30. The van der Waals surface area contributed by atoms with Crippen molar-refractivity contribution in [3.8, 4) is 0 Å². The fourth-order valence-corrected chi connectivity index (χ4v) is 2.44. The highest BCUT2D eigenvalue weighted by atomic mass is 16.6. The molecule has 0 aromatic rings. The van der Waals surface area contributed by atoms with E-state index in [1.54, 1.807) is 0 Å². The maximum atomic E-state index is 12.1. The van der Waals surface area contributed by atoms with E-state index in [1.165, 1.54) is 0 Å². The highest BCUT2D eigenvalue weighted by Gasteiger charge is 2.54. The van der Waals surface area contributed by atoms with Crippen LogP contribution in [0.4, 0.5) is 4.79 Å². The van der Waals surface area contributed by atoms with E-state index in [1.807, 2.05) is 20.8 Å². The van der Waals surface area contributed by atoms with Crippen molar-refractivity contribution < 1.29 is 23.8 Å². The van der Waals surface area contributed by atoms with Gasteiger partial charge in [-0.25, -0.2) is 4.79 Å². The number of esters is 1. The van der Waals surface area contributed by atoms with Crippen LogP contribution in [-0.2, 0) is 19.0 Å².